The summed E-state index contributed by atoms with van der Waals surface area (Å²) in [6, 6.07) is 2.40. The van der Waals surface area contributed by atoms with Crippen LogP contribution in [-0.4, -0.2) is 12.0 Å². The highest BCUT2D eigenvalue weighted by molar-refractivity contribution is 9.10. The van der Waals surface area contributed by atoms with Crippen LogP contribution in [0.2, 0.25) is 0 Å². The van der Waals surface area contributed by atoms with Crippen molar-refractivity contribution in [2.75, 3.05) is 7.05 Å². The number of rotatable bonds is 3. The van der Waals surface area contributed by atoms with E-state index in [2.05, 4.69) is 53.1 Å². The van der Waals surface area contributed by atoms with Crippen LogP contribution in [0.5, 0.6) is 0 Å². The summed E-state index contributed by atoms with van der Waals surface area (Å²) in [5.74, 6) is 0. The van der Waals surface area contributed by atoms with Crippen molar-refractivity contribution in [1.82, 2.24) is 10.3 Å². The third kappa shape index (κ3) is 2.62. The molecule has 2 rings (SSSR count). The van der Waals surface area contributed by atoms with Gasteiger partial charge in [-0.25, -0.2) is 4.98 Å². The van der Waals surface area contributed by atoms with E-state index in [1.807, 2.05) is 18.4 Å². The number of hydrogen-bond acceptors (Lipinski definition) is 4. The summed E-state index contributed by atoms with van der Waals surface area (Å²) in [5.41, 5.74) is 1.14. The van der Waals surface area contributed by atoms with Crippen LogP contribution in [-0.2, 0) is 0 Å². The molecule has 0 aliphatic rings. The van der Waals surface area contributed by atoms with Crippen molar-refractivity contribution in [3.05, 3.63) is 35.9 Å². The molecule has 0 saturated heterocycles. The van der Waals surface area contributed by atoms with Gasteiger partial charge < -0.3 is 5.32 Å². The molecule has 92 valence electrons. The number of nitrogens with zero attached hydrogens (tertiary/aromatic N) is 1. The van der Waals surface area contributed by atoms with E-state index in [-0.39, 0.29) is 6.04 Å². The van der Waals surface area contributed by atoms with Crippen molar-refractivity contribution < 1.29 is 0 Å². The fourth-order valence-corrected chi connectivity index (χ4v) is 4.43. The Kier molecular flexibility index (Phi) is 4.02. The number of thiazole rings is 1. The van der Waals surface area contributed by atoms with Crippen LogP contribution in [0.4, 0.5) is 0 Å². The molecule has 17 heavy (non-hydrogen) atoms. The molecule has 0 amide bonds. The van der Waals surface area contributed by atoms with Crippen LogP contribution in [0, 0.1) is 20.8 Å². The van der Waals surface area contributed by atoms with Crippen molar-refractivity contribution >= 4 is 38.6 Å². The summed E-state index contributed by atoms with van der Waals surface area (Å²) < 4.78 is 1.18. The van der Waals surface area contributed by atoms with Crippen LogP contribution in [0.15, 0.2) is 10.5 Å². The Morgan fingerprint density at radius 3 is 2.35 bits per heavy atom. The normalized spacial score (nSPS) is 13.0. The molecular formula is C12H15BrN2S2. The van der Waals surface area contributed by atoms with Crippen LogP contribution < -0.4 is 5.32 Å². The van der Waals surface area contributed by atoms with E-state index < -0.39 is 0 Å². The second-order valence-corrected chi connectivity index (χ2v) is 7.35. The first kappa shape index (κ1) is 13.2. The monoisotopic (exact) mass is 330 g/mol. The maximum Gasteiger partial charge on any atom is 0.115 e. The molecule has 0 aliphatic carbocycles. The van der Waals surface area contributed by atoms with Gasteiger partial charge in [-0.15, -0.1) is 22.7 Å². The molecule has 2 nitrogen and oxygen atoms in total. The second-order valence-electron chi connectivity index (χ2n) is 3.97. The Bertz CT molecular complexity index is 445. The van der Waals surface area contributed by atoms with Crippen LogP contribution in [0.1, 0.15) is 31.4 Å². The minimum Gasteiger partial charge on any atom is -0.307 e. The third-order valence-corrected chi connectivity index (χ3v) is 6.08. The third-order valence-electron chi connectivity index (χ3n) is 2.74. The van der Waals surface area contributed by atoms with Gasteiger partial charge in [-0.05, 0) is 49.8 Å². The molecule has 1 N–H and O–H groups in total. The number of hydrogen-bond donors (Lipinski definition) is 1. The first-order chi connectivity index (χ1) is 8.02. The highest BCUT2D eigenvalue weighted by Gasteiger charge is 2.19. The maximum absolute atomic E-state index is 4.64. The zero-order valence-electron chi connectivity index (χ0n) is 10.3. The summed E-state index contributed by atoms with van der Waals surface area (Å²) in [7, 11) is 1.99. The lowest BCUT2D eigenvalue weighted by Crippen LogP contribution is -2.16. The lowest BCUT2D eigenvalue weighted by molar-refractivity contribution is 0.696. The standard InChI is InChI=1S/C12H15BrN2S2/c1-6-7(2)17-12(15-6)11(14-4)10-5-9(13)8(3)16-10/h5,11,14H,1-4H3. The SMILES string of the molecule is CNC(c1cc(Br)c(C)s1)c1nc(C)c(C)s1. The molecule has 2 aromatic rings. The maximum atomic E-state index is 4.64. The van der Waals surface area contributed by atoms with Crippen LogP contribution in [0.3, 0.4) is 0 Å². The predicted molar refractivity (Wildman–Crippen MR) is 79.2 cm³/mol. The first-order valence-electron chi connectivity index (χ1n) is 5.40. The van der Waals surface area contributed by atoms with Crippen molar-refractivity contribution in [2.24, 2.45) is 0 Å². The number of thiophene rings is 1. The fourth-order valence-electron chi connectivity index (χ4n) is 1.63. The van der Waals surface area contributed by atoms with Gasteiger partial charge in [0.1, 0.15) is 5.01 Å². The molecule has 0 fully saturated rings. The largest absolute Gasteiger partial charge is 0.307 e. The quantitative estimate of drug-likeness (QED) is 0.912. The van der Waals surface area contributed by atoms with Crippen molar-refractivity contribution in [3.63, 3.8) is 0 Å². The van der Waals surface area contributed by atoms with Gasteiger partial charge in [0, 0.05) is 19.1 Å². The molecule has 2 aromatic heterocycles. The Hall–Kier alpha value is -0.230. The molecule has 1 atom stereocenters. The molecule has 0 saturated carbocycles. The van der Waals surface area contributed by atoms with E-state index in [1.54, 1.807) is 11.3 Å². The Morgan fingerprint density at radius 1 is 1.24 bits per heavy atom. The van der Waals surface area contributed by atoms with Crippen molar-refractivity contribution in [1.29, 1.82) is 0 Å². The molecule has 0 aliphatic heterocycles. The molecule has 0 aromatic carbocycles. The topological polar surface area (TPSA) is 24.9 Å². The Labute approximate surface area is 118 Å². The Balaban J connectivity index is 2.39. The first-order valence-corrected chi connectivity index (χ1v) is 7.82. The molecular weight excluding hydrogens is 316 g/mol. The number of halogens is 1. The second kappa shape index (κ2) is 5.18. The lowest BCUT2D eigenvalue weighted by Gasteiger charge is -2.10. The van der Waals surface area contributed by atoms with E-state index >= 15 is 0 Å². The van der Waals surface area contributed by atoms with Gasteiger partial charge in [0.15, 0.2) is 0 Å². The van der Waals surface area contributed by atoms with Gasteiger partial charge in [-0.2, -0.15) is 0 Å². The van der Waals surface area contributed by atoms with Gasteiger partial charge in [0.25, 0.3) is 0 Å². The van der Waals surface area contributed by atoms with E-state index in [9.17, 15) is 0 Å². The highest BCUT2D eigenvalue weighted by Crippen LogP contribution is 2.35. The van der Waals surface area contributed by atoms with Gasteiger partial charge in [-0.3, -0.25) is 0 Å². The highest BCUT2D eigenvalue weighted by atomic mass is 79.9. The molecule has 2 heterocycles. The van der Waals surface area contributed by atoms with Gasteiger partial charge >= 0.3 is 0 Å². The van der Waals surface area contributed by atoms with E-state index in [4.69, 9.17) is 0 Å². The summed E-state index contributed by atoms with van der Waals surface area (Å²) >= 11 is 7.16. The molecule has 0 spiro atoms. The summed E-state index contributed by atoms with van der Waals surface area (Å²) in [6.07, 6.45) is 0. The van der Waals surface area contributed by atoms with Crippen molar-refractivity contribution in [3.8, 4) is 0 Å². The van der Waals surface area contributed by atoms with E-state index in [0.717, 1.165) is 10.7 Å². The summed E-state index contributed by atoms with van der Waals surface area (Å²) in [6.45, 7) is 6.32. The van der Waals surface area contributed by atoms with E-state index in [0.29, 0.717) is 0 Å². The molecule has 0 bridgehead atoms. The minimum absolute atomic E-state index is 0.211. The predicted octanol–water partition coefficient (Wildman–Crippen LogP) is 4.20. The van der Waals surface area contributed by atoms with Gasteiger partial charge in [0.05, 0.1) is 11.7 Å². The molecule has 0 radical (unpaired) electrons. The molecule has 1 unspecified atom stereocenters. The average Bonchev–Trinajstić information content (AvgIpc) is 2.75. The van der Waals surface area contributed by atoms with Gasteiger partial charge in [-0.1, -0.05) is 0 Å². The average molecular weight is 331 g/mol. The van der Waals surface area contributed by atoms with Gasteiger partial charge in [0.2, 0.25) is 0 Å². The van der Waals surface area contributed by atoms with Crippen LogP contribution in [0.25, 0.3) is 0 Å². The van der Waals surface area contributed by atoms with Crippen LogP contribution >= 0.6 is 38.6 Å². The summed E-state index contributed by atoms with van der Waals surface area (Å²) in [4.78, 5) is 8.56. The van der Waals surface area contributed by atoms with E-state index in [1.165, 1.54) is 19.1 Å². The number of aromatic nitrogens is 1. The number of nitrogens with one attached hydrogen (secondary N) is 1. The zero-order chi connectivity index (χ0) is 12.6. The summed E-state index contributed by atoms with van der Waals surface area (Å²) in [5, 5.41) is 4.50. The number of aryl methyl sites for hydroxylation is 3. The molecule has 5 heteroatoms. The lowest BCUT2D eigenvalue weighted by atomic mass is 10.2. The minimum atomic E-state index is 0.211. The zero-order valence-corrected chi connectivity index (χ0v) is 13.5. The van der Waals surface area contributed by atoms with Crippen molar-refractivity contribution in [2.45, 2.75) is 26.8 Å². The Morgan fingerprint density at radius 2 is 1.94 bits per heavy atom. The fraction of sp³-hybridized carbons (Fsp3) is 0.417. The smallest absolute Gasteiger partial charge is 0.115 e.